The quantitative estimate of drug-likeness (QED) is 0.350. The van der Waals surface area contributed by atoms with Gasteiger partial charge in [-0.25, -0.2) is 4.98 Å². The zero-order valence-corrected chi connectivity index (χ0v) is 18.5. The van der Waals surface area contributed by atoms with Gasteiger partial charge in [-0.15, -0.1) is 0 Å². The summed E-state index contributed by atoms with van der Waals surface area (Å²) >= 11 is 11.9. The van der Waals surface area contributed by atoms with Crippen molar-refractivity contribution in [1.29, 1.82) is 0 Å². The second-order valence-electron chi connectivity index (χ2n) is 7.49. The zero-order valence-electron chi connectivity index (χ0n) is 17.0. The third-order valence-corrected chi connectivity index (χ3v) is 5.67. The van der Waals surface area contributed by atoms with E-state index in [-0.39, 0.29) is 5.91 Å². The Morgan fingerprint density at radius 1 is 0.871 bits per heavy atom. The standard InChI is InChI=1S/C25H23Cl2N3O/c26-20-11-7-18(8-12-20)16-25(31)28-15-3-6-24-29-22-4-1-2-5-23(22)30(24)17-19-9-13-21(27)14-10-19/h1-2,4-5,7-14H,3,6,15-17H2,(H,28,31). The Hall–Kier alpha value is -2.82. The summed E-state index contributed by atoms with van der Waals surface area (Å²) in [5.41, 5.74) is 4.22. The first-order chi connectivity index (χ1) is 15.1. The molecule has 0 aliphatic heterocycles. The molecule has 0 atom stereocenters. The van der Waals surface area contributed by atoms with E-state index in [4.69, 9.17) is 28.2 Å². The van der Waals surface area contributed by atoms with E-state index in [1.165, 1.54) is 5.56 Å². The van der Waals surface area contributed by atoms with Crippen LogP contribution in [0.2, 0.25) is 10.0 Å². The minimum Gasteiger partial charge on any atom is -0.356 e. The van der Waals surface area contributed by atoms with Crippen molar-refractivity contribution in [3.8, 4) is 0 Å². The molecule has 0 spiro atoms. The summed E-state index contributed by atoms with van der Waals surface area (Å²) in [5.74, 6) is 1.03. The summed E-state index contributed by atoms with van der Waals surface area (Å²) in [5, 5.41) is 4.40. The number of halogens is 2. The van der Waals surface area contributed by atoms with E-state index in [9.17, 15) is 4.79 Å². The zero-order chi connectivity index (χ0) is 21.6. The fraction of sp³-hybridized carbons (Fsp3) is 0.200. The van der Waals surface area contributed by atoms with Crippen LogP contribution in [0.5, 0.6) is 0 Å². The smallest absolute Gasteiger partial charge is 0.224 e. The first-order valence-corrected chi connectivity index (χ1v) is 11.0. The van der Waals surface area contributed by atoms with Gasteiger partial charge in [-0.2, -0.15) is 0 Å². The molecular weight excluding hydrogens is 429 g/mol. The lowest BCUT2D eigenvalue weighted by molar-refractivity contribution is -0.120. The summed E-state index contributed by atoms with van der Waals surface area (Å²) in [6.07, 6.45) is 1.95. The molecule has 0 aliphatic rings. The second kappa shape index (κ2) is 9.99. The van der Waals surface area contributed by atoms with Gasteiger partial charge in [0, 0.05) is 29.6 Å². The van der Waals surface area contributed by atoms with Crippen molar-refractivity contribution in [2.45, 2.75) is 25.8 Å². The summed E-state index contributed by atoms with van der Waals surface area (Å²) in [6, 6.07) is 23.4. The molecule has 4 nitrogen and oxygen atoms in total. The number of rotatable bonds is 8. The molecule has 1 aromatic heterocycles. The SMILES string of the molecule is O=C(Cc1ccc(Cl)cc1)NCCCc1nc2ccccc2n1Cc1ccc(Cl)cc1. The minimum atomic E-state index is 0.0111. The highest BCUT2D eigenvalue weighted by Gasteiger charge is 2.11. The number of amides is 1. The number of carbonyl (C=O) groups excluding carboxylic acids is 1. The van der Waals surface area contributed by atoms with Crippen LogP contribution in [-0.4, -0.2) is 22.0 Å². The predicted octanol–water partition coefficient (Wildman–Crippen LogP) is 5.68. The molecule has 4 rings (SSSR count). The summed E-state index contributed by atoms with van der Waals surface area (Å²) < 4.78 is 2.24. The molecule has 0 saturated carbocycles. The van der Waals surface area contributed by atoms with Crippen LogP contribution in [0, 0.1) is 0 Å². The number of imidazole rings is 1. The van der Waals surface area contributed by atoms with Crippen LogP contribution in [0.25, 0.3) is 11.0 Å². The Morgan fingerprint density at radius 3 is 2.23 bits per heavy atom. The number of aryl methyl sites for hydroxylation is 1. The molecule has 0 fully saturated rings. The maximum atomic E-state index is 12.2. The van der Waals surface area contributed by atoms with Crippen molar-refractivity contribution >= 4 is 40.1 Å². The van der Waals surface area contributed by atoms with Gasteiger partial charge in [-0.3, -0.25) is 4.79 Å². The van der Waals surface area contributed by atoms with Crippen molar-refractivity contribution in [2.75, 3.05) is 6.54 Å². The molecule has 0 aliphatic carbocycles. The van der Waals surface area contributed by atoms with Crippen LogP contribution < -0.4 is 5.32 Å². The van der Waals surface area contributed by atoms with Crippen molar-refractivity contribution in [3.63, 3.8) is 0 Å². The predicted molar refractivity (Wildman–Crippen MR) is 127 cm³/mol. The van der Waals surface area contributed by atoms with Crippen LogP contribution in [-0.2, 0) is 24.2 Å². The Bertz CT molecular complexity index is 1170. The molecule has 0 unspecified atom stereocenters. The molecule has 0 saturated heterocycles. The first kappa shape index (κ1) is 21.4. The lowest BCUT2D eigenvalue weighted by Crippen LogP contribution is -2.26. The van der Waals surface area contributed by atoms with Crippen LogP contribution in [0.1, 0.15) is 23.4 Å². The maximum Gasteiger partial charge on any atom is 0.224 e. The lowest BCUT2D eigenvalue weighted by atomic mass is 10.1. The van der Waals surface area contributed by atoms with Gasteiger partial charge < -0.3 is 9.88 Å². The monoisotopic (exact) mass is 451 g/mol. The summed E-state index contributed by atoms with van der Waals surface area (Å²) in [4.78, 5) is 17.0. The van der Waals surface area contributed by atoms with Gasteiger partial charge in [0.25, 0.3) is 0 Å². The number of aromatic nitrogens is 2. The number of hydrogen-bond acceptors (Lipinski definition) is 2. The fourth-order valence-electron chi connectivity index (χ4n) is 3.59. The van der Waals surface area contributed by atoms with Crippen LogP contribution >= 0.6 is 23.2 Å². The normalized spacial score (nSPS) is 11.0. The minimum absolute atomic E-state index is 0.0111. The molecule has 6 heteroatoms. The number of nitrogens with zero attached hydrogens (tertiary/aromatic N) is 2. The Balaban J connectivity index is 1.38. The van der Waals surface area contributed by atoms with Gasteiger partial charge in [0.15, 0.2) is 0 Å². The molecule has 4 aromatic rings. The van der Waals surface area contributed by atoms with E-state index in [0.717, 1.165) is 46.8 Å². The van der Waals surface area contributed by atoms with Crippen molar-refractivity contribution in [1.82, 2.24) is 14.9 Å². The molecule has 1 amide bonds. The molecule has 0 bridgehead atoms. The van der Waals surface area contributed by atoms with Crippen LogP contribution in [0.15, 0.2) is 72.8 Å². The van der Waals surface area contributed by atoms with E-state index in [1.54, 1.807) is 12.1 Å². The molecule has 0 radical (unpaired) electrons. The second-order valence-corrected chi connectivity index (χ2v) is 8.36. The van der Waals surface area contributed by atoms with Crippen molar-refractivity contribution in [3.05, 3.63) is 99.8 Å². The summed E-state index contributed by atoms with van der Waals surface area (Å²) in [7, 11) is 0. The average molecular weight is 452 g/mol. The maximum absolute atomic E-state index is 12.2. The van der Waals surface area contributed by atoms with E-state index in [1.807, 2.05) is 54.6 Å². The van der Waals surface area contributed by atoms with Crippen molar-refractivity contribution < 1.29 is 4.79 Å². The lowest BCUT2D eigenvalue weighted by Gasteiger charge is -2.10. The third kappa shape index (κ3) is 5.66. The molecule has 3 aromatic carbocycles. The van der Waals surface area contributed by atoms with E-state index in [2.05, 4.69) is 16.0 Å². The van der Waals surface area contributed by atoms with Gasteiger partial charge in [0.05, 0.1) is 17.5 Å². The van der Waals surface area contributed by atoms with Crippen molar-refractivity contribution in [2.24, 2.45) is 0 Å². The highest BCUT2D eigenvalue weighted by Crippen LogP contribution is 2.20. The number of nitrogens with one attached hydrogen (secondary N) is 1. The Morgan fingerprint density at radius 2 is 1.52 bits per heavy atom. The molecule has 1 heterocycles. The highest BCUT2D eigenvalue weighted by atomic mass is 35.5. The number of para-hydroxylation sites is 2. The summed E-state index contributed by atoms with van der Waals surface area (Å²) in [6.45, 7) is 1.34. The Labute approximate surface area is 191 Å². The number of fused-ring (bicyclic) bond motifs is 1. The average Bonchev–Trinajstić information content (AvgIpc) is 3.12. The fourth-order valence-corrected chi connectivity index (χ4v) is 3.84. The number of hydrogen-bond donors (Lipinski definition) is 1. The largest absolute Gasteiger partial charge is 0.356 e. The van der Waals surface area contributed by atoms with E-state index < -0.39 is 0 Å². The van der Waals surface area contributed by atoms with E-state index in [0.29, 0.717) is 18.0 Å². The Kier molecular flexibility index (Phi) is 6.90. The topological polar surface area (TPSA) is 46.9 Å². The van der Waals surface area contributed by atoms with Crippen LogP contribution in [0.3, 0.4) is 0 Å². The third-order valence-electron chi connectivity index (χ3n) is 5.16. The van der Waals surface area contributed by atoms with Gasteiger partial charge in [0.1, 0.15) is 5.82 Å². The first-order valence-electron chi connectivity index (χ1n) is 10.3. The molecule has 31 heavy (non-hydrogen) atoms. The van der Waals surface area contributed by atoms with Gasteiger partial charge in [-0.05, 0) is 53.9 Å². The highest BCUT2D eigenvalue weighted by molar-refractivity contribution is 6.30. The van der Waals surface area contributed by atoms with E-state index >= 15 is 0 Å². The molecular formula is C25H23Cl2N3O. The molecule has 158 valence electrons. The van der Waals surface area contributed by atoms with Crippen LogP contribution in [0.4, 0.5) is 0 Å². The van der Waals surface area contributed by atoms with Gasteiger partial charge in [-0.1, -0.05) is 59.6 Å². The van der Waals surface area contributed by atoms with Gasteiger partial charge in [0.2, 0.25) is 5.91 Å². The number of carbonyl (C=O) groups is 1. The van der Waals surface area contributed by atoms with Gasteiger partial charge >= 0.3 is 0 Å². The number of benzene rings is 3. The molecule has 1 N–H and O–H groups in total.